The van der Waals surface area contributed by atoms with Crippen LogP contribution in [0.15, 0.2) is 27.6 Å². The summed E-state index contributed by atoms with van der Waals surface area (Å²) in [5.41, 5.74) is 0. The second-order valence-corrected chi connectivity index (χ2v) is 7.65. The summed E-state index contributed by atoms with van der Waals surface area (Å²) in [6, 6.07) is 4.74. The molecule has 21 heavy (non-hydrogen) atoms. The maximum absolute atomic E-state index is 12.5. The first-order valence-corrected chi connectivity index (χ1v) is 8.77. The summed E-state index contributed by atoms with van der Waals surface area (Å²) >= 11 is 3.30. The van der Waals surface area contributed by atoms with Gasteiger partial charge in [0.15, 0.2) is 0 Å². The first-order valence-electron chi connectivity index (χ1n) is 6.50. The molecule has 0 bridgehead atoms. The summed E-state index contributed by atoms with van der Waals surface area (Å²) in [4.78, 5) is 0.210. The molecule has 2 N–H and O–H groups in total. The first kappa shape index (κ1) is 18.7. The van der Waals surface area contributed by atoms with Gasteiger partial charge < -0.3 is 10.1 Å². The van der Waals surface area contributed by atoms with Crippen molar-refractivity contribution in [2.75, 3.05) is 20.2 Å². The molecule has 0 radical (unpaired) electrons. The van der Waals surface area contributed by atoms with Gasteiger partial charge in [-0.05, 0) is 31.0 Å². The number of hydrogen-bond acceptors (Lipinski definition) is 4. The van der Waals surface area contributed by atoms with Crippen molar-refractivity contribution in [3.63, 3.8) is 0 Å². The van der Waals surface area contributed by atoms with Gasteiger partial charge in [-0.25, -0.2) is 13.1 Å². The first-order chi connectivity index (χ1) is 9.42. The number of benzene rings is 1. The van der Waals surface area contributed by atoms with E-state index in [1.807, 2.05) is 0 Å². The van der Waals surface area contributed by atoms with E-state index in [0.717, 1.165) is 13.0 Å². The molecule has 1 heterocycles. The third-order valence-corrected chi connectivity index (χ3v) is 5.45. The van der Waals surface area contributed by atoms with E-state index in [9.17, 15) is 8.42 Å². The molecule has 2 atom stereocenters. The van der Waals surface area contributed by atoms with Crippen LogP contribution in [0.4, 0.5) is 0 Å². The third kappa shape index (κ3) is 4.82. The number of piperidine rings is 1. The van der Waals surface area contributed by atoms with Crippen LogP contribution in [0.25, 0.3) is 0 Å². The van der Waals surface area contributed by atoms with Gasteiger partial charge in [0, 0.05) is 23.1 Å². The molecule has 120 valence electrons. The maximum atomic E-state index is 12.5. The lowest BCUT2D eigenvalue weighted by molar-refractivity contribution is 0.327. The molecule has 1 aromatic carbocycles. The summed E-state index contributed by atoms with van der Waals surface area (Å²) < 4.78 is 33.5. The van der Waals surface area contributed by atoms with E-state index in [4.69, 9.17) is 4.74 Å². The Bertz CT molecular complexity index is 583. The molecule has 0 spiro atoms. The summed E-state index contributed by atoms with van der Waals surface area (Å²) in [6.45, 7) is 3.66. The van der Waals surface area contributed by atoms with Gasteiger partial charge in [0.25, 0.3) is 0 Å². The second kappa shape index (κ2) is 7.78. The number of rotatable bonds is 4. The van der Waals surface area contributed by atoms with Gasteiger partial charge >= 0.3 is 0 Å². The maximum Gasteiger partial charge on any atom is 0.241 e. The largest absolute Gasteiger partial charge is 0.497 e. The summed E-state index contributed by atoms with van der Waals surface area (Å²) in [5.74, 6) is 0.828. The fraction of sp³-hybridized carbons (Fsp3) is 0.538. The lowest BCUT2D eigenvalue weighted by atomic mass is 9.96. The summed E-state index contributed by atoms with van der Waals surface area (Å²) in [6.07, 6.45) is 0.967. The number of sulfonamides is 1. The normalized spacial score (nSPS) is 22.4. The van der Waals surface area contributed by atoms with E-state index in [2.05, 4.69) is 32.9 Å². The van der Waals surface area contributed by atoms with Crippen molar-refractivity contribution < 1.29 is 13.2 Å². The quantitative estimate of drug-likeness (QED) is 0.814. The predicted molar refractivity (Wildman–Crippen MR) is 88.7 cm³/mol. The minimum Gasteiger partial charge on any atom is -0.497 e. The highest BCUT2D eigenvalue weighted by Gasteiger charge is 2.27. The topological polar surface area (TPSA) is 67.4 Å². The van der Waals surface area contributed by atoms with Crippen LogP contribution in [0.2, 0.25) is 0 Å². The number of methoxy groups -OCH3 is 1. The van der Waals surface area contributed by atoms with Gasteiger partial charge in [0.1, 0.15) is 5.75 Å². The van der Waals surface area contributed by atoms with Gasteiger partial charge in [-0.3, -0.25) is 0 Å². The van der Waals surface area contributed by atoms with Crippen molar-refractivity contribution in [1.29, 1.82) is 0 Å². The van der Waals surface area contributed by atoms with Crippen molar-refractivity contribution in [1.82, 2.24) is 10.0 Å². The molecule has 1 fully saturated rings. The monoisotopic (exact) mass is 398 g/mol. The van der Waals surface area contributed by atoms with Crippen molar-refractivity contribution in [3.8, 4) is 5.75 Å². The number of nitrogens with one attached hydrogen (secondary N) is 2. The minimum atomic E-state index is -3.55. The zero-order valence-electron chi connectivity index (χ0n) is 11.9. The van der Waals surface area contributed by atoms with Crippen molar-refractivity contribution in [2.45, 2.75) is 24.3 Å². The van der Waals surface area contributed by atoms with Crippen LogP contribution in [-0.4, -0.2) is 34.7 Å². The van der Waals surface area contributed by atoms with E-state index in [-0.39, 0.29) is 23.3 Å². The molecule has 5 nitrogen and oxygen atoms in total. The average Bonchev–Trinajstić information content (AvgIpc) is 2.40. The molecule has 2 rings (SSSR count). The van der Waals surface area contributed by atoms with Crippen molar-refractivity contribution in [3.05, 3.63) is 22.7 Å². The molecule has 1 aliphatic rings. The Labute approximate surface area is 140 Å². The third-order valence-electron chi connectivity index (χ3n) is 3.52. The number of halogens is 2. The fourth-order valence-corrected chi connectivity index (χ4v) is 4.25. The zero-order valence-corrected chi connectivity index (χ0v) is 15.1. The van der Waals surface area contributed by atoms with Crippen LogP contribution in [0.3, 0.4) is 0 Å². The van der Waals surface area contributed by atoms with E-state index < -0.39 is 10.0 Å². The predicted octanol–water partition coefficient (Wildman–Crippen LogP) is 2.16. The van der Waals surface area contributed by atoms with Gasteiger partial charge in [-0.1, -0.05) is 22.9 Å². The fourth-order valence-electron chi connectivity index (χ4n) is 2.22. The Morgan fingerprint density at radius 2 is 2.10 bits per heavy atom. The highest BCUT2D eigenvalue weighted by Crippen LogP contribution is 2.25. The van der Waals surface area contributed by atoms with E-state index in [1.165, 1.54) is 13.2 Å². The van der Waals surface area contributed by atoms with Gasteiger partial charge in [-0.15, -0.1) is 12.4 Å². The Hall–Kier alpha value is -0.340. The molecule has 1 saturated heterocycles. The van der Waals surface area contributed by atoms with Gasteiger partial charge in [-0.2, -0.15) is 0 Å². The molecule has 0 saturated carbocycles. The smallest absolute Gasteiger partial charge is 0.241 e. The lowest BCUT2D eigenvalue weighted by Gasteiger charge is -2.30. The average molecular weight is 400 g/mol. The molecular formula is C13H20BrClN2O3S. The van der Waals surface area contributed by atoms with E-state index in [1.54, 1.807) is 12.1 Å². The Balaban J connectivity index is 0.00000220. The van der Waals surface area contributed by atoms with Crippen molar-refractivity contribution >= 4 is 38.4 Å². The zero-order chi connectivity index (χ0) is 14.8. The van der Waals surface area contributed by atoms with Crippen LogP contribution < -0.4 is 14.8 Å². The van der Waals surface area contributed by atoms with Crippen LogP contribution in [0.1, 0.15) is 13.3 Å². The Morgan fingerprint density at radius 1 is 1.38 bits per heavy atom. The van der Waals surface area contributed by atoms with Crippen LogP contribution >= 0.6 is 28.3 Å². The number of ether oxygens (including phenoxy) is 1. The standard InChI is InChI=1S/C13H19BrN2O3S.ClH/c1-9-3-4-15-8-13(9)16-20(17,18)12-6-10(14)5-11(7-12)19-2;/h5-7,9,13,15-16H,3-4,8H2,1-2H3;1H. The van der Waals surface area contributed by atoms with Gasteiger partial charge in [0.2, 0.25) is 10.0 Å². The van der Waals surface area contributed by atoms with Crippen LogP contribution in [0.5, 0.6) is 5.75 Å². The SMILES string of the molecule is COc1cc(Br)cc(S(=O)(=O)NC2CNCCC2C)c1.Cl. The minimum absolute atomic E-state index is 0. The molecule has 0 aliphatic carbocycles. The van der Waals surface area contributed by atoms with E-state index in [0.29, 0.717) is 22.7 Å². The molecule has 2 unspecified atom stereocenters. The lowest BCUT2D eigenvalue weighted by Crippen LogP contribution is -2.50. The Kier molecular flexibility index (Phi) is 6.93. The molecule has 0 amide bonds. The summed E-state index contributed by atoms with van der Waals surface area (Å²) in [5, 5.41) is 3.21. The van der Waals surface area contributed by atoms with Gasteiger partial charge in [0.05, 0.1) is 12.0 Å². The Morgan fingerprint density at radius 3 is 2.71 bits per heavy atom. The molecular weight excluding hydrogens is 380 g/mol. The second-order valence-electron chi connectivity index (χ2n) is 5.02. The molecule has 1 aromatic rings. The number of hydrogen-bond donors (Lipinski definition) is 2. The van der Waals surface area contributed by atoms with Crippen molar-refractivity contribution in [2.24, 2.45) is 5.92 Å². The highest BCUT2D eigenvalue weighted by molar-refractivity contribution is 9.10. The molecule has 0 aromatic heterocycles. The van der Waals surface area contributed by atoms with E-state index >= 15 is 0 Å². The van der Waals surface area contributed by atoms with Crippen LogP contribution in [-0.2, 0) is 10.0 Å². The summed E-state index contributed by atoms with van der Waals surface area (Å²) in [7, 11) is -2.04. The van der Waals surface area contributed by atoms with Crippen LogP contribution in [0, 0.1) is 5.92 Å². The highest BCUT2D eigenvalue weighted by atomic mass is 79.9. The molecule has 1 aliphatic heterocycles. The molecule has 8 heteroatoms.